The van der Waals surface area contributed by atoms with E-state index in [1.807, 2.05) is 6.20 Å². The maximum Gasteiger partial charge on any atom is 0.507 e. The highest BCUT2D eigenvalue weighted by molar-refractivity contribution is 7.85. The zero-order valence-corrected chi connectivity index (χ0v) is 15.3. The van der Waals surface area contributed by atoms with Crippen LogP contribution < -0.4 is 4.78 Å². The predicted molar refractivity (Wildman–Crippen MR) is 91.0 cm³/mol. The molecule has 2 aliphatic heterocycles. The van der Waals surface area contributed by atoms with Gasteiger partial charge in [-0.05, 0) is 27.7 Å². The molecule has 0 spiro atoms. The molecule has 0 aliphatic carbocycles. The normalized spacial score (nSPS) is 25.7. The van der Waals surface area contributed by atoms with Gasteiger partial charge in [0, 0.05) is 41.6 Å². The predicted octanol–water partition coefficient (Wildman–Crippen LogP) is 1.01. The van der Waals surface area contributed by atoms with E-state index in [4.69, 9.17) is 9.31 Å². The largest absolute Gasteiger partial charge is 0.507 e. The Morgan fingerprint density at radius 3 is 2.45 bits per heavy atom. The molecular formula is C14H23BN2O3S2. The van der Waals surface area contributed by atoms with Crippen molar-refractivity contribution in [2.45, 2.75) is 45.4 Å². The minimum absolute atomic E-state index is 0.321. The molecule has 1 aromatic heterocycles. The van der Waals surface area contributed by atoms with Gasteiger partial charge in [-0.2, -0.15) is 0 Å². The molecule has 0 N–H and O–H groups in total. The Labute approximate surface area is 139 Å². The van der Waals surface area contributed by atoms with Gasteiger partial charge >= 0.3 is 7.12 Å². The fraction of sp³-hybridized carbons (Fsp3) is 0.786. The SMILES string of the molecule is CC1(C)OB(c2cnc(CN3CCS(=O)CC3)s2)OC1(C)C. The first-order valence-corrected chi connectivity index (χ1v) is 9.95. The van der Waals surface area contributed by atoms with Gasteiger partial charge in [-0.1, -0.05) is 0 Å². The summed E-state index contributed by atoms with van der Waals surface area (Å²) in [6.07, 6.45) is 1.87. The quantitative estimate of drug-likeness (QED) is 0.768. The van der Waals surface area contributed by atoms with Crippen LogP contribution >= 0.6 is 11.3 Å². The van der Waals surface area contributed by atoms with E-state index in [0.717, 1.165) is 40.9 Å². The molecule has 0 saturated carbocycles. The highest BCUT2D eigenvalue weighted by Gasteiger charge is 2.52. The zero-order chi connectivity index (χ0) is 16.0. The van der Waals surface area contributed by atoms with Crippen molar-refractivity contribution in [2.24, 2.45) is 0 Å². The molecule has 5 nitrogen and oxygen atoms in total. The van der Waals surface area contributed by atoms with E-state index >= 15 is 0 Å². The highest BCUT2D eigenvalue weighted by atomic mass is 32.2. The second kappa shape index (κ2) is 5.98. The van der Waals surface area contributed by atoms with Crippen LogP contribution in [0.2, 0.25) is 0 Å². The number of aromatic nitrogens is 1. The van der Waals surface area contributed by atoms with Gasteiger partial charge in [0.15, 0.2) is 0 Å². The molecule has 122 valence electrons. The first kappa shape index (κ1) is 16.6. The summed E-state index contributed by atoms with van der Waals surface area (Å²) in [6.45, 7) is 10.8. The van der Waals surface area contributed by atoms with Crippen molar-refractivity contribution in [1.82, 2.24) is 9.88 Å². The molecule has 0 unspecified atom stereocenters. The highest BCUT2D eigenvalue weighted by Crippen LogP contribution is 2.36. The fourth-order valence-electron chi connectivity index (χ4n) is 2.49. The molecular weight excluding hydrogens is 319 g/mol. The van der Waals surface area contributed by atoms with Crippen LogP contribution in [-0.4, -0.2) is 57.0 Å². The Bertz CT molecular complexity index is 550. The van der Waals surface area contributed by atoms with Crippen LogP contribution in [0, 0.1) is 0 Å². The summed E-state index contributed by atoms with van der Waals surface area (Å²) in [5, 5.41) is 1.07. The van der Waals surface area contributed by atoms with Crippen molar-refractivity contribution >= 4 is 34.0 Å². The van der Waals surface area contributed by atoms with Crippen molar-refractivity contribution in [3.05, 3.63) is 11.2 Å². The molecule has 1 aromatic rings. The summed E-state index contributed by atoms with van der Waals surface area (Å²) >= 11 is 1.65. The minimum atomic E-state index is -0.632. The Kier molecular flexibility index (Phi) is 4.51. The lowest BCUT2D eigenvalue weighted by Crippen LogP contribution is -2.41. The lowest BCUT2D eigenvalue weighted by atomic mass is 9.89. The fourth-order valence-corrected chi connectivity index (χ4v) is 4.54. The van der Waals surface area contributed by atoms with Crippen LogP contribution in [0.3, 0.4) is 0 Å². The zero-order valence-electron chi connectivity index (χ0n) is 13.6. The molecule has 0 bridgehead atoms. The first-order valence-electron chi connectivity index (χ1n) is 7.64. The third kappa shape index (κ3) is 3.31. The number of hydrogen-bond donors (Lipinski definition) is 0. The van der Waals surface area contributed by atoms with E-state index in [2.05, 4.69) is 37.6 Å². The van der Waals surface area contributed by atoms with Gasteiger partial charge in [-0.3, -0.25) is 9.11 Å². The monoisotopic (exact) mass is 342 g/mol. The maximum atomic E-state index is 11.4. The second-order valence-electron chi connectivity index (χ2n) is 6.87. The smallest absolute Gasteiger partial charge is 0.399 e. The molecule has 2 fully saturated rings. The van der Waals surface area contributed by atoms with Gasteiger partial charge in [0.1, 0.15) is 5.01 Å². The van der Waals surface area contributed by atoms with E-state index in [9.17, 15) is 4.21 Å². The molecule has 8 heteroatoms. The van der Waals surface area contributed by atoms with E-state index in [1.54, 1.807) is 11.3 Å². The minimum Gasteiger partial charge on any atom is -0.399 e. The lowest BCUT2D eigenvalue weighted by Gasteiger charge is -2.32. The molecule has 0 atom stereocenters. The Morgan fingerprint density at radius 1 is 1.27 bits per heavy atom. The van der Waals surface area contributed by atoms with Crippen LogP contribution in [0.25, 0.3) is 0 Å². The number of rotatable bonds is 3. The van der Waals surface area contributed by atoms with E-state index < -0.39 is 10.8 Å². The van der Waals surface area contributed by atoms with Gasteiger partial charge in [-0.25, -0.2) is 4.98 Å². The molecule has 3 heterocycles. The average molecular weight is 342 g/mol. The summed E-state index contributed by atoms with van der Waals surface area (Å²) in [5.41, 5.74) is -0.641. The van der Waals surface area contributed by atoms with Gasteiger partial charge in [0.05, 0.1) is 22.5 Å². The Hall–Kier alpha value is -0.275. The molecule has 3 rings (SSSR count). The van der Waals surface area contributed by atoms with Gasteiger partial charge < -0.3 is 9.31 Å². The van der Waals surface area contributed by atoms with Crippen molar-refractivity contribution in [3.8, 4) is 0 Å². The molecule has 0 aromatic carbocycles. The number of thiazole rings is 1. The van der Waals surface area contributed by atoms with Crippen LogP contribution in [0.5, 0.6) is 0 Å². The van der Waals surface area contributed by atoms with E-state index in [0.29, 0.717) is 0 Å². The molecule has 0 radical (unpaired) electrons. The van der Waals surface area contributed by atoms with E-state index in [1.165, 1.54) is 0 Å². The summed E-state index contributed by atoms with van der Waals surface area (Å²) in [4.78, 5) is 6.82. The van der Waals surface area contributed by atoms with Gasteiger partial charge in [0.2, 0.25) is 0 Å². The van der Waals surface area contributed by atoms with E-state index in [-0.39, 0.29) is 18.3 Å². The summed E-state index contributed by atoms with van der Waals surface area (Å²) in [6, 6.07) is 0. The maximum absolute atomic E-state index is 11.4. The summed E-state index contributed by atoms with van der Waals surface area (Å²) in [5.74, 6) is 1.55. The summed E-state index contributed by atoms with van der Waals surface area (Å²) in [7, 11) is -0.960. The molecule has 22 heavy (non-hydrogen) atoms. The average Bonchev–Trinajstić information content (AvgIpc) is 2.96. The van der Waals surface area contributed by atoms with Crippen LogP contribution in [0.15, 0.2) is 6.20 Å². The van der Waals surface area contributed by atoms with Crippen LogP contribution in [0.1, 0.15) is 32.7 Å². The molecule has 0 amide bonds. The third-order valence-corrected chi connectivity index (χ3v) is 6.97. The van der Waals surface area contributed by atoms with Crippen molar-refractivity contribution < 1.29 is 13.5 Å². The molecule has 2 aliphatic rings. The van der Waals surface area contributed by atoms with Crippen molar-refractivity contribution in [2.75, 3.05) is 24.6 Å². The Balaban J connectivity index is 1.64. The van der Waals surface area contributed by atoms with Gasteiger partial charge in [0.25, 0.3) is 0 Å². The lowest BCUT2D eigenvalue weighted by molar-refractivity contribution is 0.00578. The third-order valence-electron chi connectivity index (χ3n) is 4.69. The number of nitrogens with zero attached hydrogens (tertiary/aromatic N) is 2. The summed E-state index contributed by atoms with van der Waals surface area (Å²) < 4.78 is 24.5. The van der Waals surface area contributed by atoms with Gasteiger partial charge in [-0.15, -0.1) is 11.3 Å². The van der Waals surface area contributed by atoms with Crippen molar-refractivity contribution in [3.63, 3.8) is 0 Å². The number of hydrogen-bond acceptors (Lipinski definition) is 6. The van der Waals surface area contributed by atoms with Crippen LogP contribution in [0.4, 0.5) is 0 Å². The standard InChI is InChI=1S/C14H23BN2O3S2/c1-13(2)14(3,4)20-15(19-13)11-9-16-12(21-11)10-17-5-7-22(18)8-6-17/h9H,5-8,10H2,1-4H3. The first-order chi connectivity index (χ1) is 10.3. The Morgan fingerprint density at radius 2 is 1.86 bits per heavy atom. The van der Waals surface area contributed by atoms with Crippen molar-refractivity contribution in [1.29, 1.82) is 0 Å². The van der Waals surface area contributed by atoms with Crippen LogP contribution in [-0.2, 0) is 26.7 Å². The second-order valence-corrected chi connectivity index (χ2v) is 9.71. The topological polar surface area (TPSA) is 51.7 Å². The molecule has 2 saturated heterocycles.